The molecule has 3 rings (SSSR count). The zero-order valence-corrected chi connectivity index (χ0v) is 13.9. The standard InChI is InChI=1S/C20H22N2O/c1-20(2)14-22(3)18(15-9-5-4-6-10-15)17(19(20)23)13-16-11-7-8-12-21-16/h4-13,18H,14H2,1-3H3/b17-13-. The predicted molar refractivity (Wildman–Crippen MR) is 92.8 cm³/mol. The summed E-state index contributed by atoms with van der Waals surface area (Å²) in [7, 11) is 2.08. The third-order valence-corrected chi connectivity index (χ3v) is 4.36. The molecule has 0 amide bonds. The van der Waals surface area contributed by atoms with Gasteiger partial charge in [-0.05, 0) is 30.8 Å². The third kappa shape index (κ3) is 3.10. The molecule has 0 saturated carbocycles. The molecule has 0 bridgehead atoms. The van der Waals surface area contributed by atoms with Crippen molar-refractivity contribution < 1.29 is 4.79 Å². The average molecular weight is 306 g/mol. The molecule has 23 heavy (non-hydrogen) atoms. The Hall–Kier alpha value is -2.26. The molecule has 3 nitrogen and oxygen atoms in total. The van der Waals surface area contributed by atoms with E-state index in [4.69, 9.17) is 0 Å². The first kappa shape index (κ1) is 15.6. The number of hydrogen-bond donors (Lipinski definition) is 0. The number of piperidine rings is 1. The van der Waals surface area contributed by atoms with Crippen LogP contribution in [0.2, 0.25) is 0 Å². The molecule has 1 unspecified atom stereocenters. The quantitative estimate of drug-likeness (QED) is 0.792. The first-order valence-corrected chi connectivity index (χ1v) is 7.92. The molecule has 1 aromatic heterocycles. The van der Waals surface area contributed by atoms with Crippen LogP contribution in [-0.2, 0) is 4.79 Å². The Bertz CT molecular complexity index is 720. The fourth-order valence-corrected chi connectivity index (χ4v) is 3.37. The summed E-state index contributed by atoms with van der Waals surface area (Å²) in [4.78, 5) is 19.7. The molecule has 0 N–H and O–H groups in total. The van der Waals surface area contributed by atoms with E-state index in [1.807, 2.05) is 56.3 Å². The second kappa shape index (κ2) is 6.09. The molecule has 1 aromatic carbocycles. The van der Waals surface area contributed by atoms with E-state index in [1.165, 1.54) is 0 Å². The smallest absolute Gasteiger partial charge is 0.167 e. The van der Waals surface area contributed by atoms with Crippen molar-refractivity contribution in [3.63, 3.8) is 0 Å². The Kier molecular flexibility index (Phi) is 4.14. The van der Waals surface area contributed by atoms with Gasteiger partial charge in [0.15, 0.2) is 5.78 Å². The van der Waals surface area contributed by atoms with Gasteiger partial charge in [0.2, 0.25) is 0 Å². The molecule has 1 saturated heterocycles. The summed E-state index contributed by atoms with van der Waals surface area (Å²) < 4.78 is 0. The maximum absolute atomic E-state index is 13.1. The van der Waals surface area contributed by atoms with Crippen molar-refractivity contribution in [3.05, 3.63) is 71.6 Å². The van der Waals surface area contributed by atoms with Gasteiger partial charge in [0.25, 0.3) is 0 Å². The molecule has 0 aliphatic carbocycles. The van der Waals surface area contributed by atoms with Gasteiger partial charge in [-0.3, -0.25) is 14.7 Å². The van der Waals surface area contributed by atoms with Crippen molar-refractivity contribution in [3.8, 4) is 0 Å². The van der Waals surface area contributed by atoms with Gasteiger partial charge in [-0.1, -0.05) is 50.2 Å². The van der Waals surface area contributed by atoms with Gasteiger partial charge < -0.3 is 0 Å². The second-order valence-electron chi connectivity index (χ2n) is 6.80. The number of ketones is 1. The number of pyridine rings is 1. The number of nitrogens with zero attached hydrogens (tertiary/aromatic N) is 2. The fourth-order valence-electron chi connectivity index (χ4n) is 3.37. The van der Waals surface area contributed by atoms with Crippen LogP contribution in [0.15, 0.2) is 60.3 Å². The van der Waals surface area contributed by atoms with Crippen molar-refractivity contribution in [2.45, 2.75) is 19.9 Å². The molecule has 1 aliphatic rings. The van der Waals surface area contributed by atoms with Gasteiger partial charge in [-0.15, -0.1) is 0 Å². The highest BCUT2D eigenvalue weighted by molar-refractivity contribution is 6.05. The largest absolute Gasteiger partial charge is 0.294 e. The van der Waals surface area contributed by atoms with Crippen LogP contribution in [0.1, 0.15) is 31.1 Å². The topological polar surface area (TPSA) is 33.2 Å². The second-order valence-corrected chi connectivity index (χ2v) is 6.80. The minimum atomic E-state index is -0.388. The lowest BCUT2D eigenvalue weighted by Crippen LogP contribution is -2.47. The molecular weight excluding hydrogens is 284 g/mol. The van der Waals surface area contributed by atoms with Crippen LogP contribution in [0.25, 0.3) is 6.08 Å². The van der Waals surface area contributed by atoms with Gasteiger partial charge in [-0.2, -0.15) is 0 Å². The predicted octanol–water partition coefficient (Wildman–Crippen LogP) is 3.75. The molecule has 0 radical (unpaired) electrons. The summed E-state index contributed by atoms with van der Waals surface area (Å²) in [5, 5.41) is 0. The number of aromatic nitrogens is 1. The van der Waals surface area contributed by atoms with E-state index in [-0.39, 0.29) is 17.2 Å². The van der Waals surface area contributed by atoms with E-state index in [2.05, 4.69) is 29.1 Å². The van der Waals surface area contributed by atoms with Crippen LogP contribution in [0.4, 0.5) is 0 Å². The maximum atomic E-state index is 13.1. The fraction of sp³-hybridized carbons (Fsp3) is 0.300. The summed E-state index contributed by atoms with van der Waals surface area (Å²) in [5.74, 6) is 0.204. The SMILES string of the molecule is CN1CC(C)(C)C(=O)/C(=C\c2ccccn2)C1c1ccccc1. The number of rotatable bonds is 2. The normalized spacial score (nSPS) is 23.2. The van der Waals surface area contributed by atoms with E-state index in [0.717, 1.165) is 23.4 Å². The van der Waals surface area contributed by atoms with Crippen molar-refractivity contribution in [1.29, 1.82) is 0 Å². The number of carbonyl (C=O) groups excluding carboxylic acids is 1. The van der Waals surface area contributed by atoms with Gasteiger partial charge in [-0.25, -0.2) is 0 Å². The number of hydrogen-bond acceptors (Lipinski definition) is 3. The van der Waals surface area contributed by atoms with Gasteiger partial charge in [0.1, 0.15) is 0 Å². The minimum absolute atomic E-state index is 0.0290. The molecule has 118 valence electrons. The highest BCUT2D eigenvalue weighted by Gasteiger charge is 2.42. The zero-order chi connectivity index (χ0) is 16.4. The minimum Gasteiger partial charge on any atom is -0.294 e. The van der Waals surface area contributed by atoms with Gasteiger partial charge in [0, 0.05) is 23.7 Å². The summed E-state index contributed by atoms with van der Waals surface area (Å²) in [5.41, 5.74) is 2.39. The van der Waals surface area contributed by atoms with Crippen LogP contribution in [0.3, 0.4) is 0 Å². The van der Waals surface area contributed by atoms with E-state index < -0.39 is 0 Å². The molecule has 3 heteroatoms. The number of carbonyl (C=O) groups is 1. The van der Waals surface area contributed by atoms with E-state index in [1.54, 1.807) is 6.20 Å². The zero-order valence-electron chi connectivity index (χ0n) is 13.9. The molecular formula is C20H22N2O. The third-order valence-electron chi connectivity index (χ3n) is 4.36. The first-order valence-electron chi connectivity index (χ1n) is 7.92. The summed E-state index contributed by atoms with van der Waals surface area (Å²) >= 11 is 0. The van der Waals surface area contributed by atoms with Crippen LogP contribution in [-0.4, -0.2) is 29.3 Å². The molecule has 1 aliphatic heterocycles. The number of likely N-dealkylation sites (N-methyl/N-ethyl adjacent to an activating group) is 1. The lowest BCUT2D eigenvalue weighted by atomic mass is 9.75. The summed E-state index contributed by atoms with van der Waals surface area (Å²) in [6.45, 7) is 4.77. The Balaban J connectivity index is 2.11. The van der Waals surface area contributed by atoms with E-state index in [0.29, 0.717) is 0 Å². The van der Waals surface area contributed by atoms with Crippen molar-refractivity contribution in [2.75, 3.05) is 13.6 Å². The Morgan fingerprint density at radius 2 is 1.83 bits per heavy atom. The maximum Gasteiger partial charge on any atom is 0.167 e. The molecule has 1 atom stereocenters. The monoisotopic (exact) mass is 306 g/mol. The van der Waals surface area contributed by atoms with Gasteiger partial charge in [0.05, 0.1) is 11.7 Å². The van der Waals surface area contributed by atoms with Crippen LogP contribution in [0.5, 0.6) is 0 Å². The molecule has 1 fully saturated rings. The Morgan fingerprint density at radius 3 is 2.48 bits per heavy atom. The summed E-state index contributed by atoms with van der Waals surface area (Å²) in [6.07, 6.45) is 3.70. The lowest BCUT2D eigenvalue weighted by Gasteiger charge is -2.42. The molecule has 2 aromatic rings. The first-order chi connectivity index (χ1) is 11.0. The van der Waals surface area contributed by atoms with E-state index in [9.17, 15) is 4.79 Å². The highest BCUT2D eigenvalue weighted by atomic mass is 16.1. The van der Waals surface area contributed by atoms with Crippen LogP contribution in [0, 0.1) is 5.41 Å². The van der Waals surface area contributed by atoms with Gasteiger partial charge >= 0.3 is 0 Å². The van der Waals surface area contributed by atoms with E-state index >= 15 is 0 Å². The number of likely N-dealkylation sites (tertiary alicyclic amines) is 1. The molecule has 2 heterocycles. The van der Waals surface area contributed by atoms with Crippen LogP contribution >= 0.6 is 0 Å². The van der Waals surface area contributed by atoms with Crippen LogP contribution < -0.4 is 0 Å². The lowest BCUT2D eigenvalue weighted by molar-refractivity contribution is -0.127. The summed E-state index contributed by atoms with van der Waals surface area (Å²) in [6, 6.07) is 15.9. The highest BCUT2D eigenvalue weighted by Crippen LogP contribution is 2.40. The molecule has 0 spiro atoms. The number of Topliss-reactive ketones (excluding diaryl/α,β-unsaturated/α-hetero) is 1. The van der Waals surface area contributed by atoms with Crippen molar-refractivity contribution >= 4 is 11.9 Å². The number of benzene rings is 1. The Labute approximate surface area is 137 Å². The van der Waals surface area contributed by atoms with Crippen molar-refractivity contribution in [2.24, 2.45) is 5.41 Å². The average Bonchev–Trinajstić information content (AvgIpc) is 2.54. The van der Waals surface area contributed by atoms with Crippen molar-refractivity contribution in [1.82, 2.24) is 9.88 Å². The Morgan fingerprint density at radius 1 is 1.13 bits per heavy atom.